The van der Waals surface area contributed by atoms with E-state index in [-0.39, 0.29) is 11.3 Å². The molecular formula is C16H12F3NO. The Bertz CT molecular complexity index is 634. The summed E-state index contributed by atoms with van der Waals surface area (Å²) in [5, 5.41) is 2.23. The number of nitrogens with one attached hydrogen (secondary N) is 1. The fraction of sp³-hybridized carbons (Fsp3) is 0.0625. The number of alkyl halides is 3. The van der Waals surface area contributed by atoms with Gasteiger partial charge < -0.3 is 5.32 Å². The molecule has 0 aromatic heterocycles. The van der Waals surface area contributed by atoms with Gasteiger partial charge in [0, 0.05) is 17.3 Å². The van der Waals surface area contributed by atoms with E-state index >= 15 is 0 Å². The number of carbonyl (C=O) groups is 1. The van der Waals surface area contributed by atoms with Crippen molar-refractivity contribution in [1.29, 1.82) is 0 Å². The molecule has 108 valence electrons. The van der Waals surface area contributed by atoms with Gasteiger partial charge in [0.2, 0.25) is 0 Å². The lowest BCUT2D eigenvalue weighted by Crippen LogP contribution is -2.20. The Hall–Kier alpha value is -2.56. The van der Waals surface area contributed by atoms with Crippen molar-refractivity contribution in [2.75, 3.05) is 5.32 Å². The van der Waals surface area contributed by atoms with Crippen molar-refractivity contribution in [3.8, 4) is 0 Å². The zero-order valence-corrected chi connectivity index (χ0v) is 10.9. The molecule has 5 heteroatoms. The summed E-state index contributed by atoms with van der Waals surface area (Å²) < 4.78 is 39.0. The first-order valence-electron chi connectivity index (χ1n) is 6.17. The second-order valence-corrected chi connectivity index (χ2v) is 4.28. The summed E-state index contributed by atoms with van der Waals surface area (Å²) in [6.45, 7) is 0. The standard InChI is InChI=1S/C16H12F3NO/c17-16(18,19)15(20-13-9-5-2-6-10-13)11-14(21)12-7-3-1-4-8-12/h1-11,20H/b15-11-. The zero-order valence-electron chi connectivity index (χ0n) is 10.9. The Kier molecular flexibility index (Phi) is 4.42. The molecule has 0 heterocycles. The Morgan fingerprint density at radius 3 is 1.95 bits per heavy atom. The number of hydrogen-bond acceptors (Lipinski definition) is 2. The predicted octanol–water partition coefficient (Wildman–Crippen LogP) is 4.43. The van der Waals surface area contributed by atoms with E-state index in [9.17, 15) is 18.0 Å². The molecule has 0 aliphatic carbocycles. The third-order valence-corrected chi connectivity index (χ3v) is 2.69. The van der Waals surface area contributed by atoms with Gasteiger partial charge in [-0.15, -0.1) is 0 Å². The van der Waals surface area contributed by atoms with E-state index in [2.05, 4.69) is 5.32 Å². The Labute approximate surface area is 119 Å². The molecule has 0 saturated carbocycles. The van der Waals surface area contributed by atoms with Crippen LogP contribution >= 0.6 is 0 Å². The normalized spacial score (nSPS) is 12.0. The minimum absolute atomic E-state index is 0.203. The molecule has 0 atom stereocenters. The zero-order chi connectivity index (χ0) is 15.3. The van der Waals surface area contributed by atoms with E-state index in [1.807, 2.05) is 0 Å². The fourth-order valence-corrected chi connectivity index (χ4v) is 1.68. The molecule has 0 spiro atoms. The molecule has 0 unspecified atom stereocenters. The van der Waals surface area contributed by atoms with Crippen LogP contribution in [0.3, 0.4) is 0 Å². The van der Waals surface area contributed by atoms with E-state index in [1.54, 1.807) is 36.4 Å². The smallest absolute Gasteiger partial charge is 0.351 e. The molecular weight excluding hydrogens is 279 g/mol. The van der Waals surface area contributed by atoms with Crippen molar-refractivity contribution in [3.05, 3.63) is 78.0 Å². The number of ketones is 1. The quantitative estimate of drug-likeness (QED) is 0.667. The Morgan fingerprint density at radius 2 is 1.43 bits per heavy atom. The van der Waals surface area contributed by atoms with Gasteiger partial charge in [-0.1, -0.05) is 48.5 Å². The molecule has 2 rings (SSSR count). The molecule has 2 nitrogen and oxygen atoms in total. The van der Waals surface area contributed by atoms with Gasteiger partial charge in [-0.2, -0.15) is 13.2 Å². The van der Waals surface area contributed by atoms with Crippen molar-refractivity contribution in [1.82, 2.24) is 0 Å². The minimum Gasteiger partial charge on any atom is -0.351 e. The van der Waals surface area contributed by atoms with Crippen molar-refractivity contribution in [3.63, 3.8) is 0 Å². The molecule has 21 heavy (non-hydrogen) atoms. The van der Waals surface area contributed by atoms with Gasteiger partial charge in [0.15, 0.2) is 5.78 Å². The predicted molar refractivity (Wildman–Crippen MR) is 75.0 cm³/mol. The summed E-state index contributed by atoms with van der Waals surface area (Å²) in [5.41, 5.74) is -0.626. The molecule has 0 bridgehead atoms. The third kappa shape index (κ3) is 4.21. The second-order valence-electron chi connectivity index (χ2n) is 4.28. The molecule has 0 aliphatic heterocycles. The monoisotopic (exact) mass is 291 g/mol. The largest absolute Gasteiger partial charge is 0.431 e. The highest BCUT2D eigenvalue weighted by atomic mass is 19.4. The summed E-state index contributed by atoms with van der Waals surface area (Å²) >= 11 is 0. The maximum atomic E-state index is 13.0. The number of benzene rings is 2. The maximum Gasteiger partial charge on any atom is 0.431 e. The van der Waals surface area contributed by atoms with Crippen LogP contribution in [0.4, 0.5) is 18.9 Å². The highest BCUT2D eigenvalue weighted by molar-refractivity contribution is 6.05. The van der Waals surface area contributed by atoms with Crippen LogP contribution < -0.4 is 5.32 Å². The number of halogens is 3. The lowest BCUT2D eigenvalue weighted by Gasteiger charge is -2.14. The van der Waals surface area contributed by atoms with Crippen LogP contribution in [0.15, 0.2) is 72.4 Å². The summed E-state index contributed by atoms with van der Waals surface area (Å²) in [7, 11) is 0. The molecule has 0 radical (unpaired) electrons. The van der Waals surface area contributed by atoms with Crippen molar-refractivity contribution < 1.29 is 18.0 Å². The highest BCUT2D eigenvalue weighted by Crippen LogP contribution is 2.27. The van der Waals surface area contributed by atoms with Crippen LogP contribution in [0.1, 0.15) is 10.4 Å². The van der Waals surface area contributed by atoms with Crippen LogP contribution in [0.2, 0.25) is 0 Å². The number of para-hydroxylation sites is 1. The van der Waals surface area contributed by atoms with Gasteiger partial charge >= 0.3 is 6.18 Å². The first-order valence-corrected chi connectivity index (χ1v) is 6.17. The average molecular weight is 291 g/mol. The van der Waals surface area contributed by atoms with Gasteiger partial charge in [-0.3, -0.25) is 4.79 Å². The summed E-state index contributed by atoms with van der Waals surface area (Å²) in [5.74, 6) is -0.702. The molecule has 2 aromatic rings. The van der Waals surface area contributed by atoms with Crippen LogP contribution in [-0.2, 0) is 0 Å². The number of anilines is 1. The summed E-state index contributed by atoms with van der Waals surface area (Å²) in [4.78, 5) is 11.9. The maximum absolute atomic E-state index is 13.0. The SMILES string of the molecule is O=C(/C=C(\Nc1ccccc1)C(F)(F)F)c1ccccc1. The first kappa shape index (κ1) is 14.8. The van der Waals surface area contributed by atoms with E-state index < -0.39 is 17.7 Å². The Morgan fingerprint density at radius 1 is 0.905 bits per heavy atom. The topological polar surface area (TPSA) is 29.1 Å². The number of rotatable bonds is 4. The summed E-state index contributed by atoms with van der Waals surface area (Å²) in [6.07, 6.45) is -4.07. The summed E-state index contributed by atoms with van der Waals surface area (Å²) in [6, 6.07) is 15.7. The number of carbonyl (C=O) groups excluding carboxylic acids is 1. The molecule has 0 aliphatic rings. The average Bonchev–Trinajstić information content (AvgIpc) is 2.47. The lowest BCUT2D eigenvalue weighted by molar-refractivity contribution is -0.0903. The first-order chi connectivity index (χ1) is 9.97. The molecule has 0 fully saturated rings. The molecule has 0 saturated heterocycles. The van der Waals surface area contributed by atoms with Crippen LogP contribution in [-0.4, -0.2) is 12.0 Å². The van der Waals surface area contributed by atoms with E-state index in [0.717, 1.165) is 0 Å². The molecule has 1 N–H and O–H groups in total. The van der Waals surface area contributed by atoms with E-state index in [1.165, 1.54) is 24.3 Å². The molecule has 0 amide bonds. The molecule has 2 aromatic carbocycles. The highest BCUT2D eigenvalue weighted by Gasteiger charge is 2.34. The Balaban J connectivity index is 2.28. The third-order valence-electron chi connectivity index (χ3n) is 2.69. The second kappa shape index (κ2) is 6.26. The number of allylic oxidation sites excluding steroid dienone is 2. The van der Waals surface area contributed by atoms with Gasteiger partial charge in [0.25, 0.3) is 0 Å². The van der Waals surface area contributed by atoms with Crippen LogP contribution in [0.25, 0.3) is 0 Å². The van der Waals surface area contributed by atoms with Crippen molar-refractivity contribution >= 4 is 11.5 Å². The van der Waals surface area contributed by atoms with E-state index in [4.69, 9.17) is 0 Å². The van der Waals surface area contributed by atoms with Gasteiger partial charge in [-0.05, 0) is 12.1 Å². The van der Waals surface area contributed by atoms with Crippen molar-refractivity contribution in [2.45, 2.75) is 6.18 Å². The van der Waals surface area contributed by atoms with Gasteiger partial charge in [0.1, 0.15) is 5.70 Å². The lowest BCUT2D eigenvalue weighted by atomic mass is 10.1. The number of hydrogen-bond donors (Lipinski definition) is 1. The van der Waals surface area contributed by atoms with Gasteiger partial charge in [0.05, 0.1) is 0 Å². The van der Waals surface area contributed by atoms with Crippen molar-refractivity contribution in [2.24, 2.45) is 0 Å². The minimum atomic E-state index is -4.64. The van der Waals surface area contributed by atoms with E-state index in [0.29, 0.717) is 6.08 Å². The van der Waals surface area contributed by atoms with Gasteiger partial charge in [-0.25, -0.2) is 0 Å². The van der Waals surface area contributed by atoms with Crippen LogP contribution in [0.5, 0.6) is 0 Å². The fourth-order valence-electron chi connectivity index (χ4n) is 1.68. The van der Waals surface area contributed by atoms with Crippen LogP contribution in [0, 0.1) is 0 Å².